The second-order valence-corrected chi connectivity index (χ2v) is 8.62. The lowest BCUT2D eigenvalue weighted by atomic mass is 9.75. The molecule has 3 saturated heterocycles. The molecule has 7 heteroatoms. The summed E-state index contributed by atoms with van der Waals surface area (Å²) in [5, 5.41) is 0. The first-order valence-corrected chi connectivity index (χ1v) is 11.0. The van der Waals surface area contributed by atoms with Gasteiger partial charge in [-0.1, -0.05) is 30.3 Å². The third-order valence-electron chi connectivity index (χ3n) is 6.99. The van der Waals surface area contributed by atoms with E-state index < -0.39 is 5.41 Å². The average molecular weight is 414 g/mol. The Kier molecular flexibility index (Phi) is 6.09. The second kappa shape index (κ2) is 8.76. The van der Waals surface area contributed by atoms with Gasteiger partial charge in [0.15, 0.2) is 0 Å². The molecule has 1 aromatic rings. The molecule has 2 atom stereocenters. The molecule has 3 heterocycles. The van der Waals surface area contributed by atoms with E-state index in [1.165, 1.54) is 0 Å². The highest BCUT2D eigenvalue weighted by Crippen LogP contribution is 2.45. The van der Waals surface area contributed by atoms with E-state index >= 15 is 0 Å². The van der Waals surface area contributed by atoms with Gasteiger partial charge in [-0.05, 0) is 24.8 Å². The topological polar surface area (TPSA) is 70.2 Å². The maximum atomic E-state index is 13.7. The zero-order valence-electron chi connectivity index (χ0n) is 17.7. The van der Waals surface area contributed by atoms with Crippen molar-refractivity contribution in [3.8, 4) is 0 Å². The zero-order chi connectivity index (χ0) is 21.1. The van der Waals surface area contributed by atoms with Crippen molar-refractivity contribution < 1.29 is 19.1 Å². The maximum absolute atomic E-state index is 13.7. The Bertz CT molecular complexity index is 793. The van der Waals surface area contributed by atoms with Crippen LogP contribution in [-0.4, -0.2) is 84.4 Å². The lowest BCUT2D eigenvalue weighted by molar-refractivity contribution is -0.149. The van der Waals surface area contributed by atoms with Crippen LogP contribution in [0.4, 0.5) is 0 Å². The third-order valence-corrected chi connectivity index (χ3v) is 6.99. The summed E-state index contributed by atoms with van der Waals surface area (Å²) in [7, 11) is 0. The minimum absolute atomic E-state index is 0.0146. The fourth-order valence-corrected chi connectivity index (χ4v) is 5.34. The Balaban J connectivity index is 1.53. The summed E-state index contributed by atoms with van der Waals surface area (Å²) in [5.41, 5.74) is 0.404. The number of carbonyl (C=O) groups is 3. The highest BCUT2D eigenvalue weighted by atomic mass is 16.5. The highest BCUT2D eigenvalue weighted by molar-refractivity contribution is 5.86. The van der Waals surface area contributed by atoms with Crippen LogP contribution in [0, 0.1) is 5.41 Å². The number of fused-ring (bicyclic) bond motifs is 1. The van der Waals surface area contributed by atoms with E-state index in [0.717, 1.165) is 5.56 Å². The molecular weight excluding hydrogens is 382 g/mol. The number of ether oxygens (including phenoxy) is 1. The SMILES string of the molecule is CC(=O)N1CC[C@@]2(C(=O)N3CCOCC3)CCN(C(=O)Cc3ccccc3)CC[C@@H]12. The summed E-state index contributed by atoms with van der Waals surface area (Å²) >= 11 is 0. The smallest absolute Gasteiger partial charge is 0.231 e. The van der Waals surface area contributed by atoms with Crippen LogP contribution in [0.1, 0.15) is 31.7 Å². The van der Waals surface area contributed by atoms with Crippen molar-refractivity contribution in [3.05, 3.63) is 35.9 Å². The molecule has 0 spiro atoms. The van der Waals surface area contributed by atoms with Crippen molar-refractivity contribution in [1.82, 2.24) is 14.7 Å². The average Bonchev–Trinajstić information content (AvgIpc) is 3.03. The number of hydrogen-bond acceptors (Lipinski definition) is 4. The molecule has 7 nitrogen and oxygen atoms in total. The van der Waals surface area contributed by atoms with Gasteiger partial charge in [-0.25, -0.2) is 0 Å². The zero-order valence-corrected chi connectivity index (χ0v) is 17.7. The molecule has 0 bridgehead atoms. The van der Waals surface area contributed by atoms with Crippen molar-refractivity contribution in [2.24, 2.45) is 5.41 Å². The molecule has 3 aliphatic heterocycles. The first-order chi connectivity index (χ1) is 14.5. The molecule has 0 saturated carbocycles. The minimum atomic E-state index is -0.592. The number of nitrogens with zero attached hydrogens (tertiary/aromatic N) is 3. The van der Waals surface area contributed by atoms with E-state index in [9.17, 15) is 14.4 Å². The predicted molar refractivity (Wildman–Crippen MR) is 112 cm³/mol. The summed E-state index contributed by atoms with van der Waals surface area (Å²) in [5.74, 6) is 0.238. The molecule has 0 aromatic heterocycles. The molecule has 162 valence electrons. The number of morpholine rings is 1. The maximum Gasteiger partial charge on any atom is 0.231 e. The van der Waals surface area contributed by atoms with Crippen LogP contribution < -0.4 is 0 Å². The van der Waals surface area contributed by atoms with Crippen LogP contribution in [0.3, 0.4) is 0 Å². The van der Waals surface area contributed by atoms with Gasteiger partial charge in [-0.2, -0.15) is 0 Å². The summed E-state index contributed by atoms with van der Waals surface area (Å²) in [6, 6.07) is 9.61. The van der Waals surface area contributed by atoms with Crippen molar-refractivity contribution >= 4 is 17.7 Å². The van der Waals surface area contributed by atoms with Crippen LogP contribution in [0.15, 0.2) is 30.3 Å². The molecule has 3 amide bonds. The van der Waals surface area contributed by atoms with E-state index in [-0.39, 0.29) is 23.8 Å². The molecule has 30 heavy (non-hydrogen) atoms. The van der Waals surface area contributed by atoms with Gasteiger partial charge in [0.1, 0.15) is 0 Å². The molecule has 4 rings (SSSR count). The molecular formula is C23H31N3O4. The number of amides is 3. The van der Waals surface area contributed by atoms with Crippen LogP contribution in [-0.2, 0) is 25.5 Å². The number of hydrogen-bond donors (Lipinski definition) is 0. The van der Waals surface area contributed by atoms with Gasteiger partial charge in [-0.3, -0.25) is 14.4 Å². The van der Waals surface area contributed by atoms with Crippen molar-refractivity contribution in [1.29, 1.82) is 0 Å². The van der Waals surface area contributed by atoms with Gasteiger partial charge in [0.05, 0.1) is 25.0 Å². The van der Waals surface area contributed by atoms with Crippen molar-refractivity contribution in [3.63, 3.8) is 0 Å². The molecule has 0 radical (unpaired) electrons. The molecule has 3 aliphatic rings. The third kappa shape index (κ3) is 3.95. The molecule has 3 fully saturated rings. The fourth-order valence-electron chi connectivity index (χ4n) is 5.34. The molecule has 0 aliphatic carbocycles. The van der Waals surface area contributed by atoms with Crippen LogP contribution in [0.2, 0.25) is 0 Å². The van der Waals surface area contributed by atoms with E-state index in [4.69, 9.17) is 4.74 Å². The van der Waals surface area contributed by atoms with Crippen molar-refractivity contribution in [2.75, 3.05) is 45.9 Å². The van der Waals surface area contributed by atoms with Gasteiger partial charge >= 0.3 is 0 Å². The summed E-state index contributed by atoms with van der Waals surface area (Å²) in [6.45, 7) is 5.66. The van der Waals surface area contributed by atoms with Crippen LogP contribution >= 0.6 is 0 Å². The van der Waals surface area contributed by atoms with Gasteiger partial charge in [0.25, 0.3) is 0 Å². The van der Waals surface area contributed by atoms with E-state index in [0.29, 0.717) is 71.6 Å². The van der Waals surface area contributed by atoms with Crippen LogP contribution in [0.5, 0.6) is 0 Å². The highest BCUT2D eigenvalue weighted by Gasteiger charge is 2.55. The number of rotatable bonds is 3. The second-order valence-electron chi connectivity index (χ2n) is 8.62. The van der Waals surface area contributed by atoms with Gasteiger partial charge in [0.2, 0.25) is 17.7 Å². The van der Waals surface area contributed by atoms with E-state index in [1.54, 1.807) is 6.92 Å². The number of benzene rings is 1. The normalized spacial score (nSPS) is 26.8. The Hall–Kier alpha value is -2.41. The predicted octanol–water partition coefficient (Wildman–Crippen LogP) is 1.32. The Morgan fingerprint density at radius 1 is 0.967 bits per heavy atom. The van der Waals surface area contributed by atoms with Gasteiger partial charge in [-0.15, -0.1) is 0 Å². The summed E-state index contributed by atoms with van der Waals surface area (Å²) in [4.78, 5) is 44.6. The Morgan fingerprint density at radius 2 is 1.67 bits per heavy atom. The largest absolute Gasteiger partial charge is 0.378 e. The molecule has 0 N–H and O–H groups in total. The molecule has 0 unspecified atom stereocenters. The quantitative estimate of drug-likeness (QED) is 0.749. The van der Waals surface area contributed by atoms with E-state index in [1.807, 2.05) is 45.0 Å². The standard InChI is InChI=1S/C23H31N3O4/c1-18(27)26-12-9-23(22(29)25-13-15-30-16-14-25)8-11-24(10-7-20(23)26)21(28)17-19-5-3-2-4-6-19/h2-6,20H,7-17H2,1H3/t20-,23+/m1/s1. The fraction of sp³-hybridized carbons (Fsp3) is 0.609. The lowest BCUT2D eigenvalue weighted by Gasteiger charge is -2.40. The monoisotopic (exact) mass is 413 g/mol. The lowest BCUT2D eigenvalue weighted by Crippen LogP contribution is -2.54. The number of carbonyl (C=O) groups excluding carboxylic acids is 3. The summed E-state index contributed by atoms with van der Waals surface area (Å²) in [6.07, 6.45) is 2.30. The van der Waals surface area contributed by atoms with Crippen molar-refractivity contribution in [2.45, 2.75) is 38.6 Å². The number of likely N-dealkylation sites (tertiary alicyclic amines) is 2. The first-order valence-electron chi connectivity index (χ1n) is 11.0. The first kappa shape index (κ1) is 20.8. The van der Waals surface area contributed by atoms with E-state index in [2.05, 4.69) is 0 Å². The summed E-state index contributed by atoms with van der Waals surface area (Å²) < 4.78 is 5.42. The van der Waals surface area contributed by atoms with Gasteiger partial charge in [0, 0.05) is 45.7 Å². The van der Waals surface area contributed by atoms with Crippen LogP contribution in [0.25, 0.3) is 0 Å². The minimum Gasteiger partial charge on any atom is -0.378 e. The van der Waals surface area contributed by atoms with Gasteiger partial charge < -0.3 is 19.4 Å². The molecule has 1 aromatic carbocycles. The Morgan fingerprint density at radius 3 is 2.37 bits per heavy atom. The Labute approximate surface area is 177 Å².